The van der Waals surface area contributed by atoms with E-state index in [0.29, 0.717) is 49.4 Å². The van der Waals surface area contributed by atoms with Crippen molar-refractivity contribution in [3.63, 3.8) is 0 Å². The molecular formula is C42H60O8. The number of hydrogen-bond acceptors (Lipinski definition) is 8. The molecule has 8 nitrogen and oxygen atoms in total. The quantitative estimate of drug-likeness (QED) is 0.309. The van der Waals surface area contributed by atoms with Crippen molar-refractivity contribution in [2.75, 3.05) is 13.2 Å². The van der Waals surface area contributed by atoms with E-state index < -0.39 is 12.2 Å². The molecule has 0 saturated heterocycles. The minimum Gasteiger partial charge on any atom is -0.393 e. The molecule has 8 aliphatic carbocycles. The lowest BCUT2D eigenvalue weighted by Gasteiger charge is -2.59. The van der Waals surface area contributed by atoms with Crippen molar-refractivity contribution in [1.29, 1.82) is 0 Å². The molecule has 6 fully saturated rings. The van der Waals surface area contributed by atoms with Gasteiger partial charge in [-0.3, -0.25) is 19.2 Å². The summed E-state index contributed by atoms with van der Waals surface area (Å²) < 4.78 is 0. The smallest absolute Gasteiger partial charge is 0.161 e. The van der Waals surface area contributed by atoms with E-state index in [1.165, 1.54) is 11.1 Å². The fourth-order valence-electron chi connectivity index (χ4n) is 14.7. The number of fused-ring (bicyclic) bond motifs is 10. The lowest BCUT2D eigenvalue weighted by molar-refractivity contribution is -0.146. The zero-order chi connectivity index (χ0) is 36.0. The Morgan fingerprint density at radius 1 is 0.620 bits per heavy atom. The molecule has 0 heterocycles. The van der Waals surface area contributed by atoms with Crippen LogP contribution in [0.4, 0.5) is 0 Å². The number of carbonyl (C=O) groups is 4. The third-order valence-corrected chi connectivity index (χ3v) is 16.9. The molecule has 8 heteroatoms. The zero-order valence-electron chi connectivity index (χ0n) is 30.7. The van der Waals surface area contributed by atoms with Crippen LogP contribution in [0.1, 0.15) is 118 Å². The lowest BCUT2D eigenvalue weighted by atomic mass is 9.46. The van der Waals surface area contributed by atoms with E-state index in [4.69, 9.17) is 0 Å². The largest absolute Gasteiger partial charge is 0.393 e. The SMILES string of the molecule is C[C@]12C[C@H](O)[C@H]3[C@@H](CCC4=CC(=O)CC[C@@]43C)[C@@H]1CC[C@@H]2C(=O)CO.C[C@]12C[C@H](O)[C@H]3[C@@H](CCC4=CC(=O)CC[C@@]43C)[C@@H]1CC[C@@H]2C(=O)CO. The van der Waals surface area contributed by atoms with Crippen molar-refractivity contribution in [1.82, 2.24) is 0 Å². The van der Waals surface area contributed by atoms with Gasteiger partial charge in [-0.15, -0.1) is 0 Å². The summed E-state index contributed by atoms with van der Waals surface area (Å²) in [5.74, 6) is 2.24. The summed E-state index contributed by atoms with van der Waals surface area (Å²) in [7, 11) is 0. The van der Waals surface area contributed by atoms with Crippen LogP contribution in [-0.2, 0) is 19.2 Å². The highest BCUT2D eigenvalue weighted by Crippen LogP contribution is 2.68. The fourth-order valence-corrected chi connectivity index (χ4v) is 14.7. The Hall–Kier alpha value is -2.00. The number of ketones is 4. The van der Waals surface area contributed by atoms with Gasteiger partial charge in [0.2, 0.25) is 0 Å². The predicted molar refractivity (Wildman–Crippen MR) is 187 cm³/mol. The first-order valence-corrected chi connectivity index (χ1v) is 19.7. The number of hydrogen-bond donors (Lipinski definition) is 4. The highest BCUT2D eigenvalue weighted by molar-refractivity contribution is 5.92. The molecule has 0 aromatic carbocycles. The standard InChI is InChI=1S/2C21H30O4/c2*1-20-8-7-13(23)9-12(20)3-4-14-15-5-6-16(18(25)11-22)21(15,2)10-17(24)19(14)20/h2*9,14-17,19,22,24H,3-8,10-11H2,1-2H3/t2*14-,15-,16+,17-,19+,20-,21-/m00/s1. The van der Waals surface area contributed by atoms with Crippen molar-refractivity contribution in [2.45, 2.75) is 130 Å². The summed E-state index contributed by atoms with van der Waals surface area (Å²) >= 11 is 0. The van der Waals surface area contributed by atoms with E-state index in [-0.39, 0.29) is 81.7 Å². The Morgan fingerprint density at radius 2 is 1.00 bits per heavy atom. The molecule has 0 radical (unpaired) electrons. The molecular weight excluding hydrogens is 632 g/mol. The molecule has 0 amide bonds. The fraction of sp³-hybridized carbons (Fsp3) is 0.810. The van der Waals surface area contributed by atoms with Crippen molar-refractivity contribution in [3.8, 4) is 0 Å². The highest BCUT2D eigenvalue weighted by atomic mass is 16.3. The maximum atomic E-state index is 12.3. The third kappa shape index (κ3) is 5.35. The van der Waals surface area contributed by atoms with E-state index in [1.54, 1.807) is 0 Å². The topological polar surface area (TPSA) is 149 Å². The average molecular weight is 693 g/mol. The van der Waals surface area contributed by atoms with E-state index in [2.05, 4.69) is 27.7 Å². The third-order valence-electron chi connectivity index (χ3n) is 16.9. The molecule has 8 rings (SSSR count). The second-order valence-corrected chi connectivity index (χ2v) is 18.8. The molecule has 0 spiro atoms. The van der Waals surface area contributed by atoms with Gasteiger partial charge >= 0.3 is 0 Å². The van der Waals surface area contributed by atoms with E-state index in [9.17, 15) is 39.6 Å². The molecule has 0 bridgehead atoms. The van der Waals surface area contributed by atoms with Crippen LogP contribution in [0, 0.1) is 69.0 Å². The van der Waals surface area contributed by atoms with Crippen LogP contribution in [0.15, 0.2) is 23.3 Å². The summed E-state index contributed by atoms with van der Waals surface area (Å²) in [6.45, 7) is 8.06. The second kappa shape index (κ2) is 12.8. The van der Waals surface area contributed by atoms with Crippen LogP contribution in [-0.4, -0.2) is 69.0 Å². The summed E-state index contributed by atoms with van der Waals surface area (Å²) in [6, 6.07) is 0. The van der Waals surface area contributed by atoms with Crippen LogP contribution in [0.5, 0.6) is 0 Å². The van der Waals surface area contributed by atoms with E-state index >= 15 is 0 Å². The second-order valence-electron chi connectivity index (χ2n) is 18.8. The Balaban J connectivity index is 0.000000157. The van der Waals surface area contributed by atoms with Gasteiger partial charge in [0.25, 0.3) is 0 Å². The Labute approximate surface area is 297 Å². The predicted octanol–water partition coefficient (Wildman–Crippen LogP) is 5.33. The average Bonchev–Trinajstić information content (AvgIpc) is 3.60. The van der Waals surface area contributed by atoms with Crippen LogP contribution >= 0.6 is 0 Å². The van der Waals surface area contributed by atoms with Gasteiger partial charge in [-0.2, -0.15) is 0 Å². The van der Waals surface area contributed by atoms with Gasteiger partial charge in [-0.25, -0.2) is 0 Å². The molecule has 0 aliphatic heterocycles. The van der Waals surface area contributed by atoms with Crippen molar-refractivity contribution >= 4 is 23.1 Å². The van der Waals surface area contributed by atoms with Crippen molar-refractivity contribution < 1.29 is 39.6 Å². The van der Waals surface area contributed by atoms with Crippen molar-refractivity contribution in [3.05, 3.63) is 23.3 Å². The molecule has 14 atom stereocenters. The highest BCUT2D eigenvalue weighted by Gasteiger charge is 2.64. The zero-order valence-corrected chi connectivity index (χ0v) is 30.7. The van der Waals surface area contributed by atoms with Gasteiger partial charge in [0.1, 0.15) is 13.2 Å². The van der Waals surface area contributed by atoms with E-state index in [0.717, 1.165) is 64.2 Å². The molecule has 276 valence electrons. The van der Waals surface area contributed by atoms with Gasteiger partial charge in [-0.1, -0.05) is 38.8 Å². The number of aliphatic hydroxyl groups is 4. The molecule has 0 aromatic rings. The lowest BCUT2D eigenvalue weighted by Crippen LogP contribution is -2.57. The number of allylic oxidation sites excluding steroid dienone is 2. The monoisotopic (exact) mass is 692 g/mol. The first-order valence-electron chi connectivity index (χ1n) is 19.7. The van der Waals surface area contributed by atoms with Gasteiger partial charge in [-0.05, 0) is 146 Å². The van der Waals surface area contributed by atoms with E-state index in [1.807, 2.05) is 12.2 Å². The summed E-state index contributed by atoms with van der Waals surface area (Å²) in [5.41, 5.74) is 1.96. The van der Waals surface area contributed by atoms with Crippen molar-refractivity contribution in [2.24, 2.45) is 69.0 Å². The Kier molecular flexibility index (Phi) is 9.34. The van der Waals surface area contributed by atoms with Gasteiger partial charge < -0.3 is 20.4 Å². The first-order chi connectivity index (χ1) is 23.6. The number of aliphatic hydroxyl groups excluding tert-OH is 4. The summed E-state index contributed by atoms with van der Waals surface area (Å²) in [5, 5.41) is 41.1. The normalized spacial score (nSPS) is 49.0. The maximum Gasteiger partial charge on any atom is 0.161 e. The molecule has 4 N–H and O–H groups in total. The Morgan fingerprint density at radius 3 is 1.36 bits per heavy atom. The minimum atomic E-state index is -0.430. The molecule has 8 aliphatic rings. The maximum absolute atomic E-state index is 12.3. The van der Waals surface area contributed by atoms with Crippen LogP contribution in [0.25, 0.3) is 0 Å². The van der Waals surface area contributed by atoms with Gasteiger partial charge in [0, 0.05) is 24.7 Å². The van der Waals surface area contributed by atoms with Gasteiger partial charge in [0.05, 0.1) is 12.2 Å². The number of Topliss-reactive ketones (excluding diaryl/α,β-unsaturated/α-hetero) is 2. The summed E-state index contributed by atoms with van der Waals surface area (Å²) in [6.07, 6.45) is 14.6. The minimum absolute atomic E-state index is 0.0541. The Bertz CT molecular complexity index is 1390. The first kappa shape index (κ1) is 36.4. The molecule has 0 aromatic heterocycles. The van der Waals surface area contributed by atoms with Crippen LogP contribution in [0.3, 0.4) is 0 Å². The number of rotatable bonds is 4. The molecule has 50 heavy (non-hydrogen) atoms. The van der Waals surface area contributed by atoms with Crippen LogP contribution < -0.4 is 0 Å². The molecule has 6 saturated carbocycles. The summed E-state index contributed by atoms with van der Waals surface area (Å²) in [4.78, 5) is 48.4. The number of carbonyl (C=O) groups excluding carboxylic acids is 4. The van der Waals surface area contributed by atoms with Gasteiger partial charge in [0.15, 0.2) is 23.1 Å². The molecule has 0 unspecified atom stereocenters. The van der Waals surface area contributed by atoms with Crippen LogP contribution in [0.2, 0.25) is 0 Å².